The second-order valence-electron chi connectivity index (χ2n) is 5.22. The highest BCUT2D eigenvalue weighted by Crippen LogP contribution is 2.36. The zero-order valence-corrected chi connectivity index (χ0v) is 14.5. The molecular weight excluding hydrogens is 365 g/mol. The summed E-state index contributed by atoms with van der Waals surface area (Å²) in [6.45, 7) is -0.0647. The third-order valence-electron chi connectivity index (χ3n) is 3.44. The van der Waals surface area contributed by atoms with Crippen molar-refractivity contribution >= 4 is 44.9 Å². The molecule has 0 saturated heterocycles. The molecule has 1 heterocycles. The molecule has 2 aromatic carbocycles. The minimum absolute atomic E-state index is 0.151. The number of halogens is 2. The fourth-order valence-corrected chi connectivity index (χ4v) is 3.64. The van der Waals surface area contributed by atoms with Crippen LogP contribution in [0.2, 0.25) is 5.02 Å². The maximum Gasteiger partial charge on any atom is 0.350 e. The third-order valence-corrected chi connectivity index (χ3v) is 5.08. The van der Waals surface area contributed by atoms with Crippen molar-refractivity contribution in [2.24, 2.45) is 0 Å². The van der Waals surface area contributed by atoms with Crippen molar-refractivity contribution in [2.45, 2.75) is 6.54 Å². The lowest BCUT2D eigenvalue weighted by molar-refractivity contribution is -0.124. The fraction of sp³-hybridized carbons (Fsp3) is 0.111. The van der Waals surface area contributed by atoms with Crippen molar-refractivity contribution in [2.75, 3.05) is 6.61 Å². The number of nitrogens with one attached hydrogen (secondary N) is 1. The van der Waals surface area contributed by atoms with Gasteiger partial charge in [0.15, 0.2) is 6.61 Å². The Labute approximate surface area is 152 Å². The van der Waals surface area contributed by atoms with Crippen LogP contribution in [0.15, 0.2) is 48.5 Å². The van der Waals surface area contributed by atoms with Crippen molar-refractivity contribution in [3.8, 4) is 0 Å². The van der Waals surface area contributed by atoms with Gasteiger partial charge in [-0.05, 0) is 23.8 Å². The van der Waals surface area contributed by atoms with Gasteiger partial charge in [-0.1, -0.05) is 41.9 Å². The molecule has 128 valence electrons. The number of benzene rings is 2. The first kappa shape index (κ1) is 17.4. The first-order valence-electron chi connectivity index (χ1n) is 7.40. The average molecular weight is 378 g/mol. The highest BCUT2D eigenvalue weighted by atomic mass is 35.5. The quantitative estimate of drug-likeness (QED) is 0.679. The van der Waals surface area contributed by atoms with Gasteiger partial charge in [0.2, 0.25) is 0 Å². The second kappa shape index (κ2) is 7.63. The molecule has 0 fully saturated rings. The van der Waals surface area contributed by atoms with E-state index in [-0.39, 0.29) is 9.90 Å². The van der Waals surface area contributed by atoms with Crippen molar-refractivity contribution in [1.29, 1.82) is 0 Å². The normalized spacial score (nSPS) is 10.6. The van der Waals surface area contributed by atoms with E-state index in [1.54, 1.807) is 0 Å². The molecule has 0 spiro atoms. The van der Waals surface area contributed by atoms with Gasteiger partial charge in [-0.2, -0.15) is 0 Å². The van der Waals surface area contributed by atoms with E-state index in [4.69, 9.17) is 16.3 Å². The zero-order chi connectivity index (χ0) is 17.8. The van der Waals surface area contributed by atoms with Crippen LogP contribution in [-0.4, -0.2) is 18.5 Å². The predicted octanol–water partition coefficient (Wildman–Crippen LogP) is 4.17. The topological polar surface area (TPSA) is 55.4 Å². The van der Waals surface area contributed by atoms with Crippen LogP contribution >= 0.6 is 22.9 Å². The number of fused-ring (bicyclic) bond motifs is 1. The molecule has 0 atom stereocenters. The van der Waals surface area contributed by atoms with Gasteiger partial charge in [-0.15, -0.1) is 11.3 Å². The number of hydrogen-bond acceptors (Lipinski definition) is 4. The SMILES string of the molecule is O=C(COC(=O)c1sc2cc(F)ccc2c1Cl)NCc1ccccc1. The molecule has 0 aliphatic heterocycles. The molecule has 0 aliphatic rings. The van der Waals surface area contributed by atoms with Gasteiger partial charge in [0, 0.05) is 16.6 Å². The molecule has 4 nitrogen and oxygen atoms in total. The summed E-state index contributed by atoms with van der Waals surface area (Å²) in [4.78, 5) is 24.1. The van der Waals surface area contributed by atoms with Crippen molar-refractivity contribution in [3.63, 3.8) is 0 Å². The molecule has 25 heavy (non-hydrogen) atoms. The molecular formula is C18H13ClFNO3S. The van der Waals surface area contributed by atoms with Crippen LogP contribution in [0.1, 0.15) is 15.2 Å². The number of esters is 1. The van der Waals surface area contributed by atoms with E-state index >= 15 is 0 Å². The average Bonchev–Trinajstić information content (AvgIpc) is 2.94. The largest absolute Gasteiger partial charge is 0.451 e. The highest BCUT2D eigenvalue weighted by Gasteiger charge is 2.19. The minimum atomic E-state index is -0.707. The number of rotatable bonds is 5. The Bertz CT molecular complexity index is 927. The highest BCUT2D eigenvalue weighted by molar-refractivity contribution is 7.21. The first-order valence-corrected chi connectivity index (χ1v) is 8.59. The molecule has 3 rings (SSSR count). The van der Waals surface area contributed by atoms with Crippen LogP contribution in [0.25, 0.3) is 10.1 Å². The van der Waals surface area contributed by atoms with E-state index in [0.717, 1.165) is 16.9 Å². The second-order valence-corrected chi connectivity index (χ2v) is 6.65. The van der Waals surface area contributed by atoms with Crippen LogP contribution in [0.4, 0.5) is 4.39 Å². The molecule has 0 unspecified atom stereocenters. The van der Waals surface area contributed by atoms with E-state index in [1.165, 1.54) is 18.2 Å². The molecule has 1 amide bonds. The van der Waals surface area contributed by atoms with Crippen molar-refractivity contribution in [1.82, 2.24) is 5.32 Å². The molecule has 0 saturated carbocycles. The molecule has 1 aromatic heterocycles. The van der Waals surface area contributed by atoms with Gasteiger partial charge < -0.3 is 10.1 Å². The lowest BCUT2D eigenvalue weighted by Gasteiger charge is -2.06. The summed E-state index contributed by atoms with van der Waals surface area (Å²) in [5.74, 6) is -1.53. The number of ether oxygens (including phenoxy) is 1. The van der Waals surface area contributed by atoms with Gasteiger partial charge in [-0.3, -0.25) is 4.79 Å². The fourth-order valence-electron chi connectivity index (χ4n) is 2.21. The molecule has 1 N–H and O–H groups in total. The summed E-state index contributed by atoms with van der Waals surface area (Å²) >= 11 is 7.18. The smallest absolute Gasteiger partial charge is 0.350 e. The first-order chi connectivity index (χ1) is 12.0. The zero-order valence-electron chi connectivity index (χ0n) is 12.9. The van der Waals surface area contributed by atoms with Crippen LogP contribution in [0.5, 0.6) is 0 Å². The number of amides is 1. The molecule has 3 aromatic rings. The van der Waals surface area contributed by atoms with Gasteiger partial charge in [-0.25, -0.2) is 9.18 Å². The van der Waals surface area contributed by atoms with Gasteiger partial charge in [0.1, 0.15) is 10.7 Å². The minimum Gasteiger partial charge on any atom is -0.451 e. The van der Waals surface area contributed by atoms with E-state index in [1.807, 2.05) is 30.3 Å². The molecule has 0 radical (unpaired) electrons. The van der Waals surface area contributed by atoms with Gasteiger partial charge >= 0.3 is 5.97 Å². The lowest BCUT2D eigenvalue weighted by atomic mass is 10.2. The lowest BCUT2D eigenvalue weighted by Crippen LogP contribution is -2.28. The van der Waals surface area contributed by atoms with Crippen LogP contribution in [-0.2, 0) is 16.1 Å². The van der Waals surface area contributed by atoms with Crippen LogP contribution in [0.3, 0.4) is 0 Å². The van der Waals surface area contributed by atoms with E-state index in [0.29, 0.717) is 16.6 Å². The van der Waals surface area contributed by atoms with E-state index in [2.05, 4.69) is 5.32 Å². The number of thiophene rings is 1. The molecule has 0 aliphatic carbocycles. The summed E-state index contributed by atoms with van der Waals surface area (Å²) in [7, 11) is 0. The monoisotopic (exact) mass is 377 g/mol. The Morgan fingerprint density at radius 3 is 2.68 bits per heavy atom. The van der Waals surface area contributed by atoms with E-state index in [9.17, 15) is 14.0 Å². The Hall–Kier alpha value is -2.44. The standard InChI is InChI=1S/C18H13ClFNO3S/c19-16-13-7-6-12(20)8-14(13)25-17(16)18(23)24-10-15(22)21-9-11-4-2-1-3-5-11/h1-8H,9-10H2,(H,21,22). The van der Waals surface area contributed by atoms with E-state index < -0.39 is 24.3 Å². The van der Waals surface area contributed by atoms with Crippen LogP contribution < -0.4 is 5.32 Å². The Kier molecular flexibility index (Phi) is 5.31. The van der Waals surface area contributed by atoms with Crippen molar-refractivity contribution in [3.05, 3.63) is 69.8 Å². The summed E-state index contributed by atoms with van der Waals surface area (Å²) in [5, 5.41) is 3.44. The number of carbonyl (C=O) groups excluding carboxylic acids is 2. The number of hydrogen-bond donors (Lipinski definition) is 1. The van der Waals surface area contributed by atoms with Gasteiger partial charge in [0.25, 0.3) is 5.91 Å². The maximum absolute atomic E-state index is 13.3. The maximum atomic E-state index is 13.3. The summed E-state index contributed by atoms with van der Waals surface area (Å²) in [6.07, 6.45) is 0. The third kappa shape index (κ3) is 4.15. The Morgan fingerprint density at radius 2 is 1.92 bits per heavy atom. The molecule has 0 bridgehead atoms. The molecule has 7 heteroatoms. The van der Waals surface area contributed by atoms with Crippen LogP contribution in [0, 0.1) is 5.82 Å². The summed E-state index contributed by atoms with van der Waals surface area (Å²) < 4.78 is 18.8. The Morgan fingerprint density at radius 1 is 1.16 bits per heavy atom. The Balaban J connectivity index is 1.59. The number of carbonyl (C=O) groups is 2. The summed E-state index contributed by atoms with van der Waals surface area (Å²) in [6, 6.07) is 13.5. The summed E-state index contributed by atoms with van der Waals surface area (Å²) in [5.41, 5.74) is 0.941. The van der Waals surface area contributed by atoms with Gasteiger partial charge in [0.05, 0.1) is 5.02 Å². The van der Waals surface area contributed by atoms with Crippen molar-refractivity contribution < 1.29 is 18.7 Å². The predicted molar refractivity (Wildman–Crippen MR) is 95.4 cm³/mol.